The first-order valence-corrected chi connectivity index (χ1v) is 10.1. The Morgan fingerprint density at radius 1 is 1.27 bits per heavy atom. The minimum Gasteiger partial charge on any atom is -0.388 e. The van der Waals surface area contributed by atoms with Crippen molar-refractivity contribution < 1.29 is 17.6 Å². The van der Waals surface area contributed by atoms with Crippen molar-refractivity contribution in [2.75, 3.05) is 19.3 Å². The van der Waals surface area contributed by atoms with E-state index in [1.165, 1.54) is 0 Å². The highest BCUT2D eigenvalue weighted by molar-refractivity contribution is 7.88. The van der Waals surface area contributed by atoms with Crippen LogP contribution in [-0.4, -0.2) is 54.4 Å². The van der Waals surface area contributed by atoms with Crippen LogP contribution in [0, 0.1) is 0 Å². The van der Waals surface area contributed by atoms with Gasteiger partial charge in [0.15, 0.2) is 0 Å². The normalized spacial score (nSPS) is 16.0. The molecule has 3 rings (SSSR count). The predicted octanol–water partition coefficient (Wildman–Crippen LogP) is 0.0435. The molecule has 1 N–H and O–H groups in total. The quantitative estimate of drug-likeness (QED) is 0.783. The number of amides is 1. The van der Waals surface area contributed by atoms with Crippen LogP contribution in [-0.2, 0) is 21.4 Å². The van der Waals surface area contributed by atoms with Gasteiger partial charge in [0.25, 0.3) is 0 Å². The highest BCUT2D eigenvalue weighted by Crippen LogP contribution is 2.15. The van der Waals surface area contributed by atoms with E-state index in [1.807, 2.05) is 6.07 Å². The fourth-order valence-corrected chi connectivity index (χ4v) is 3.72. The third-order valence-corrected chi connectivity index (χ3v) is 4.90. The molecule has 1 aliphatic rings. The number of sulfonamides is 1. The van der Waals surface area contributed by atoms with Gasteiger partial charge in [0.05, 0.1) is 6.26 Å². The summed E-state index contributed by atoms with van der Waals surface area (Å²) in [5, 5.41) is 4.08. The fraction of sp³-hybridized carbons (Fsp3) is 0.438. The van der Waals surface area contributed by atoms with Crippen molar-refractivity contribution in [3.05, 3.63) is 40.9 Å². The standard InChI is InChI=1S/C16H20N4O5S/c1-26(23,24)18-13-7-9-19(10-8-13)14(21)11-20-16(22)25-15(17-20)12-5-3-2-4-6-12/h2-6,13,18H,7-11H2,1H3. The second-order valence-corrected chi connectivity index (χ2v) is 8.02. The average molecular weight is 380 g/mol. The van der Waals surface area contributed by atoms with Crippen LogP contribution in [0.3, 0.4) is 0 Å². The monoisotopic (exact) mass is 380 g/mol. The first-order chi connectivity index (χ1) is 12.3. The third-order valence-electron chi connectivity index (χ3n) is 4.14. The van der Waals surface area contributed by atoms with Crippen LogP contribution in [0.5, 0.6) is 0 Å². The van der Waals surface area contributed by atoms with Crippen LogP contribution >= 0.6 is 0 Å². The van der Waals surface area contributed by atoms with Crippen molar-refractivity contribution in [3.8, 4) is 11.5 Å². The minimum absolute atomic E-state index is 0.166. The Hall–Kier alpha value is -2.46. The minimum atomic E-state index is -3.26. The summed E-state index contributed by atoms with van der Waals surface area (Å²) in [5.74, 6) is -0.775. The molecule has 1 saturated heterocycles. The Morgan fingerprint density at radius 2 is 1.92 bits per heavy atom. The van der Waals surface area contributed by atoms with E-state index in [1.54, 1.807) is 29.2 Å². The third kappa shape index (κ3) is 4.58. The SMILES string of the molecule is CS(=O)(=O)NC1CCN(C(=O)Cn2nc(-c3ccccc3)oc2=O)CC1. The van der Waals surface area contributed by atoms with E-state index >= 15 is 0 Å². The second-order valence-electron chi connectivity index (χ2n) is 6.24. The predicted molar refractivity (Wildman–Crippen MR) is 93.8 cm³/mol. The van der Waals surface area contributed by atoms with Crippen LogP contribution in [0.15, 0.2) is 39.5 Å². The van der Waals surface area contributed by atoms with Gasteiger partial charge in [-0.15, -0.1) is 5.10 Å². The molecule has 1 aromatic heterocycles. The lowest BCUT2D eigenvalue weighted by Crippen LogP contribution is -2.47. The molecule has 26 heavy (non-hydrogen) atoms. The lowest BCUT2D eigenvalue weighted by atomic mass is 10.1. The summed E-state index contributed by atoms with van der Waals surface area (Å²) >= 11 is 0. The van der Waals surface area contributed by atoms with E-state index in [4.69, 9.17) is 4.42 Å². The smallest absolute Gasteiger partial charge is 0.388 e. The number of aromatic nitrogens is 2. The van der Waals surface area contributed by atoms with Gasteiger partial charge in [-0.2, -0.15) is 4.68 Å². The molecule has 1 aliphatic heterocycles. The zero-order chi connectivity index (χ0) is 18.7. The second kappa shape index (κ2) is 7.42. The van der Waals surface area contributed by atoms with Crippen molar-refractivity contribution in [3.63, 3.8) is 0 Å². The summed E-state index contributed by atoms with van der Waals surface area (Å²) in [4.78, 5) is 25.9. The van der Waals surface area contributed by atoms with E-state index in [-0.39, 0.29) is 24.4 Å². The maximum absolute atomic E-state index is 12.4. The first-order valence-electron chi connectivity index (χ1n) is 8.20. The van der Waals surface area contributed by atoms with E-state index in [0.29, 0.717) is 31.5 Å². The molecule has 0 saturated carbocycles. The van der Waals surface area contributed by atoms with Gasteiger partial charge in [0.1, 0.15) is 6.54 Å². The van der Waals surface area contributed by atoms with Crippen LogP contribution in [0.2, 0.25) is 0 Å². The van der Waals surface area contributed by atoms with Crippen molar-refractivity contribution in [1.29, 1.82) is 0 Å². The molecule has 0 radical (unpaired) electrons. The van der Waals surface area contributed by atoms with E-state index in [2.05, 4.69) is 9.82 Å². The number of piperidine rings is 1. The number of benzene rings is 1. The van der Waals surface area contributed by atoms with Crippen molar-refractivity contribution in [2.45, 2.75) is 25.4 Å². The maximum atomic E-state index is 12.4. The molecule has 0 spiro atoms. The molecule has 1 fully saturated rings. The Labute approximate surface area is 150 Å². The molecule has 2 aromatic rings. The molecule has 0 aliphatic carbocycles. The lowest BCUT2D eigenvalue weighted by Gasteiger charge is -2.31. The number of hydrogen-bond acceptors (Lipinski definition) is 6. The number of hydrogen-bond donors (Lipinski definition) is 1. The van der Waals surface area contributed by atoms with Gasteiger partial charge in [-0.1, -0.05) is 18.2 Å². The van der Waals surface area contributed by atoms with E-state index < -0.39 is 15.8 Å². The molecule has 140 valence electrons. The summed E-state index contributed by atoms with van der Waals surface area (Å²) in [7, 11) is -3.26. The molecule has 2 heterocycles. The van der Waals surface area contributed by atoms with Crippen LogP contribution in [0.1, 0.15) is 12.8 Å². The van der Waals surface area contributed by atoms with Crippen LogP contribution in [0.4, 0.5) is 0 Å². The van der Waals surface area contributed by atoms with Gasteiger partial charge in [-0.3, -0.25) is 4.79 Å². The van der Waals surface area contributed by atoms with Gasteiger partial charge < -0.3 is 9.32 Å². The topological polar surface area (TPSA) is 115 Å². The van der Waals surface area contributed by atoms with Gasteiger partial charge in [-0.05, 0) is 25.0 Å². The number of rotatable bonds is 5. The van der Waals surface area contributed by atoms with Crippen molar-refractivity contribution in [2.24, 2.45) is 0 Å². The summed E-state index contributed by atoms with van der Waals surface area (Å²) in [5.41, 5.74) is 0.656. The molecule has 9 nitrogen and oxygen atoms in total. The summed E-state index contributed by atoms with van der Waals surface area (Å²) in [6, 6.07) is 8.79. The molecule has 0 unspecified atom stereocenters. The largest absolute Gasteiger partial charge is 0.437 e. The van der Waals surface area contributed by atoms with Gasteiger partial charge in [0, 0.05) is 24.7 Å². The number of nitrogens with zero attached hydrogens (tertiary/aromatic N) is 3. The van der Waals surface area contributed by atoms with Crippen molar-refractivity contribution in [1.82, 2.24) is 19.4 Å². The molecule has 1 amide bonds. The van der Waals surface area contributed by atoms with Gasteiger partial charge in [-0.25, -0.2) is 17.9 Å². The Balaban J connectivity index is 1.61. The van der Waals surface area contributed by atoms with Gasteiger partial charge in [0.2, 0.25) is 21.8 Å². The Kier molecular flexibility index (Phi) is 5.23. The fourth-order valence-electron chi connectivity index (χ4n) is 2.88. The zero-order valence-corrected chi connectivity index (χ0v) is 15.1. The number of carbonyl (C=O) groups excluding carboxylic acids is 1. The molecule has 10 heteroatoms. The molecular formula is C16H20N4O5S. The molecule has 1 aromatic carbocycles. The Morgan fingerprint density at radius 3 is 2.54 bits per heavy atom. The average Bonchev–Trinajstić information content (AvgIpc) is 2.95. The summed E-state index contributed by atoms with van der Waals surface area (Å²) in [6.07, 6.45) is 2.18. The number of likely N-dealkylation sites (tertiary alicyclic amines) is 1. The molecular weight excluding hydrogens is 360 g/mol. The summed E-state index contributed by atoms with van der Waals surface area (Å²) in [6.45, 7) is 0.633. The lowest BCUT2D eigenvalue weighted by molar-refractivity contribution is -0.133. The number of carbonyl (C=O) groups is 1. The van der Waals surface area contributed by atoms with Crippen LogP contribution < -0.4 is 10.5 Å². The molecule has 0 bridgehead atoms. The van der Waals surface area contributed by atoms with Crippen molar-refractivity contribution >= 4 is 15.9 Å². The van der Waals surface area contributed by atoms with E-state index in [0.717, 1.165) is 10.9 Å². The molecule has 0 atom stereocenters. The number of nitrogens with one attached hydrogen (secondary N) is 1. The zero-order valence-electron chi connectivity index (χ0n) is 14.3. The maximum Gasteiger partial charge on any atom is 0.437 e. The highest BCUT2D eigenvalue weighted by Gasteiger charge is 2.25. The Bertz CT molecular complexity index is 927. The first kappa shape index (κ1) is 18.3. The van der Waals surface area contributed by atoms with Crippen LogP contribution in [0.25, 0.3) is 11.5 Å². The highest BCUT2D eigenvalue weighted by atomic mass is 32.2. The van der Waals surface area contributed by atoms with Gasteiger partial charge >= 0.3 is 5.76 Å². The van der Waals surface area contributed by atoms with E-state index in [9.17, 15) is 18.0 Å². The summed E-state index contributed by atoms with van der Waals surface area (Å²) < 4.78 is 31.2.